The van der Waals surface area contributed by atoms with Crippen LogP contribution in [0, 0.1) is 6.92 Å². The number of hydrogen-bond acceptors (Lipinski definition) is 7. The zero-order valence-electron chi connectivity index (χ0n) is 20.8. The van der Waals surface area contributed by atoms with Crippen LogP contribution in [0.4, 0.5) is 0 Å². The van der Waals surface area contributed by atoms with Gasteiger partial charge >= 0.3 is 5.97 Å². The number of fused-ring (bicyclic) bond motifs is 1. The molecule has 1 aromatic carbocycles. The number of hydrogen-bond donors (Lipinski definition) is 3. The van der Waals surface area contributed by atoms with Crippen molar-refractivity contribution in [1.82, 2.24) is 19.4 Å². The van der Waals surface area contributed by atoms with E-state index in [1.54, 1.807) is 39.0 Å². The van der Waals surface area contributed by atoms with E-state index in [4.69, 9.17) is 14.5 Å². The van der Waals surface area contributed by atoms with Gasteiger partial charge in [0.05, 0.1) is 36.4 Å². The van der Waals surface area contributed by atoms with E-state index in [0.717, 1.165) is 22.2 Å². The minimum Gasteiger partial charge on any atom is -0.480 e. The zero-order valence-corrected chi connectivity index (χ0v) is 20.8. The van der Waals surface area contributed by atoms with Gasteiger partial charge in [0.25, 0.3) is 5.56 Å². The van der Waals surface area contributed by atoms with E-state index in [2.05, 4.69) is 9.88 Å². The lowest BCUT2D eigenvalue weighted by atomic mass is 10.1. The molecule has 0 aliphatic rings. The van der Waals surface area contributed by atoms with E-state index in [9.17, 15) is 19.8 Å². The molecule has 0 saturated carbocycles. The second kappa shape index (κ2) is 11.6. The van der Waals surface area contributed by atoms with Gasteiger partial charge in [-0.3, -0.25) is 9.59 Å². The highest BCUT2D eigenvalue weighted by molar-refractivity contribution is 5.81. The van der Waals surface area contributed by atoms with Crippen LogP contribution in [-0.2, 0) is 27.7 Å². The number of aliphatic carboxylic acids is 1. The van der Waals surface area contributed by atoms with Crippen molar-refractivity contribution in [2.75, 3.05) is 34.0 Å². The first-order chi connectivity index (χ1) is 16.7. The first kappa shape index (κ1) is 26.6. The van der Waals surface area contributed by atoms with Gasteiger partial charge in [0.2, 0.25) is 0 Å². The first-order valence-corrected chi connectivity index (χ1v) is 11.5. The largest absolute Gasteiger partial charge is 0.480 e. The molecule has 0 bridgehead atoms. The topological polar surface area (TPSA) is 128 Å². The minimum absolute atomic E-state index is 0.0617. The van der Waals surface area contributed by atoms with Crippen LogP contribution in [0.5, 0.6) is 0 Å². The van der Waals surface area contributed by atoms with Crippen molar-refractivity contribution in [2.45, 2.75) is 38.5 Å². The maximum absolute atomic E-state index is 12.3. The number of benzene rings is 1. The molecule has 0 saturated heterocycles. The van der Waals surface area contributed by atoms with Crippen molar-refractivity contribution >= 4 is 17.0 Å². The van der Waals surface area contributed by atoms with Crippen LogP contribution in [0.3, 0.4) is 0 Å². The highest BCUT2D eigenvalue weighted by atomic mass is 16.5. The molecule has 0 amide bonds. The van der Waals surface area contributed by atoms with Crippen molar-refractivity contribution in [2.24, 2.45) is 7.05 Å². The van der Waals surface area contributed by atoms with Crippen LogP contribution >= 0.6 is 0 Å². The molecular formula is C25H34N4O6. The van der Waals surface area contributed by atoms with Crippen molar-refractivity contribution in [3.05, 3.63) is 51.9 Å². The summed E-state index contributed by atoms with van der Waals surface area (Å²) in [6.45, 7) is 4.45. The lowest BCUT2D eigenvalue weighted by molar-refractivity contribution is -0.142. The van der Waals surface area contributed by atoms with Gasteiger partial charge in [-0.05, 0) is 44.0 Å². The summed E-state index contributed by atoms with van der Waals surface area (Å²) in [6.07, 6.45) is 1.33. The predicted molar refractivity (Wildman–Crippen MR) is 133 cm³/mol. The molecule has 3 rings (SSSR count). The molecule has 0 aliphatic carbocycles. The Morgan fingerprint density at radius 2 is 1.89 bits per heavy atom. The number of aromatic nitrogens is 3. The summed E-state index contributed by atoms with van der Waals surface area (Å²) in [5, 5.41) is 21.8. The molecule has 35 heavy (non-hydrogen) atoms. The Kier molecular flexibility index (Phi) is 8.79. The summed E-state index contributed by atoms with van der Waals surface area (Å²) in [5.74, 6) is -0.387. The predicted octanol–water partition coefficient (Wildman–Crippen LogP) is 1.51. The van der Waals surface area contributed by atoms with E-state index in [1.165, 1.54) is 6.92 Å². The quantitative estimate of drug-likeness (QED) is 0.352. The Bertz CT molecular complexity index is 1200. The van der Waals surface area contributed by atoms with E-state index in [0.29, 0.717) is 37.6 Å². The molecule has 2 atom stereocenters. The third kappa shape index (κ3) is 5.96. The van der Waals surface area contributed by atoms with Crippen LogP contribution in [0.15, 0.2) is 35.3 Å². The fourth-order valence-corrected chi connectivity index (χ4v) is 4.29. The Balaban J connectivity index is 2.03. The Labute approximate surface area is 204 Å². The fourth-order valence-electron chi connectivity index (χ4n) is 4.29. The normalized spacial score (nSPS) is 13.5. The van der Waals surface area contributed by atoms with Crippen LogP contribution in [0.25, 0.3) is 22.4 Å². The summed E-state index contributed by atoms with van der Waals surface area (Å²) in [4.78, 5) is 28.5. The number of aryl methyl sites for hydroxylation is 2. The molecule has 10 nitrogen and oxygen atoms in total. The molecule has 0 fully saturated rings. The fraction of sp³-hybridized carbons (Fsp3) is 0.480. The van der Waals surface area contributed by atoms with Crippen molar-refractivity contribution in [3.63, 3.8) is 0 Å². The smallest absolute Gasteiger partial charge is 0.323 e. The Hall–Kier alpha value is -3.05. The standard InChI is InChI=1S/C25H34N4O6/c1-15-10-18(12-28(3)24(15)31)23-27-20-11-17(8-9-26-22(16(2)30)25(32)33)6-7-21(20)29(23)19(13-34-4)14-35-5/h6-7,10-12,16,19,22,26,30H,8-9,13-14H2,1-5H3,(H,32,33)/t16-,22?/m1/s1. The molecule has 2 heterocycles. The second-order valence-corrected chi connectivity index (χ2v) is 8.78. The number of methoxy groups -OCH3 is 2. The van der Waals surface area contributed by atoms with Crippen molar-refractivity contribution in [3.8, 4) is 11.4 Å². The SMILES string of the molecule is COCC(COC)n1c(-c2cc(C)c(=O)n(C)c2)nc2cc(CCNC(C(=O)O)[C@@H](C)O)ccc21. The summed E-state index contributed by atoms with van der Waals surface area (Å²) < 4.78 is 14.6. The Morgan fingerprint density at radius 3 is 2.46 bits per heavy atom. The minimum atomic E-state index is -1.09. The molecule has 0 radical (unpaired) electrons. The van der Waals surface area contributed by atoms with E-state index < -0.39 is 18.1 Å². The van der Waals surface area contributed by atoms with Gasteiger partial charge in [-0.2, -0.15) is 0 Å². The maximum atomic E-state index is 12.3. The third-order valence-electron chi connectivity index (χ3n) is 5.98. The second-order valence-electron chi connectivity index (χ2n) is 8.78. The van der Waals surface area contributed by atoms with Gasteiger partial charge in [-0.25, -0.2) is 4.98 Å². The number of ether oxygens (including phenoxy) is 2. The van der Waals surface area contributed by atoms with Gasteiger partial charge in [-0.1, -0.05) is 6.07 Å². The van der Waals surface area contributed by atoms with Gasteiger partial charge in [0.15, 0.2) is 0 Å². The van der Waals surface area contributed by atoms with Gasteiger partial charge < -0.3 is 34.1 Å². The Morgan fingerprint density at radius 1 is 1.20 bits per heavy atom. The number of imidazole rings is 1. The first-order valence-electron chi connectivity index (χ1n) is 11.5. The molecule has 0 aliphatic heterocycles. The van der Waals surface area contributed by atoms with Crippen LogP contribution < -0.4 is 10.9 Å². The number of aliphatic hydroxyl groups is 1. The van der Waals surface area contributed by atoms with Crippen LogP contribution in [0.1, 0.15) is 24.1 Å². The lowest BCUT2D eigenvalue weighted by Crippen LogP contribution is -2.45. The van der Waals surface area contributed by atoms with E-state index in [-0.39, 0.29) is 11.6 Å². The monoisotopic (exact) mass is 486 g/mol. The van der Waals surface area contributed by atoms with Gasteiger partial charge in [-0.15, -0.1) is 0 Å². The number of nitrogens with zero attached hydrogens (tertiary/aromatic N) is 3. The van der Waals surface area contributed by atoms with Gasteiger partial charge in [0, 0.05) is 45.1 Å². The number of nitrogens with one attached hydrogen (secondary N) is 1. The van der Waals surface area contributed by atoms with Crippen molar-refractivity contribution in [1.29, 1.82) is 0 Å². The number of rotatable bonds is 12. The van der Waals surface area contributed by atoms with E-state index >= 15 is 0 Å². The molecule has 190 valence electrons. The number of carbonyl (C=O) groups is 1. The van der Waals surface area contributed by atoms with Crippen molar-refractivity contribution < 1.29 is 24.5 Å². The summed E-state index contributed by atoms with van der Waals surface area (Å²) in [7, 11) is 5.00. The average Bonchev–Trinajstić information content (AvgIpc) is 3.18. The average molecular weight is 487 g/mol. The number of aliphatic hydroxyl groups excluding tert-OH is 1. The van der Waals surface area contributed by atoms with E-state index in [1.807, 2.05) is 24.3 Å². The molecule has 10 heteroatoms. The maximum Gasteiger partial charge on any atom is 0.323 e. The highest BCUT2D eigenvalue weighted by Gasteiger charge is 2.23. The van der Waals surface area contributed by atoms with Crippen LogP contribution in [0.2, 0.25) is 0 Å². The molecule has 1 unspecified atom stereocenters. The summed E-state index contributed by atoms with van der Waals surface area (Å²) in [6, 6.07) is 6.60. The number of carboxylic acid groups (broad SMARTS) is 1. The number of pyridine rings is 1. The van der Waals surface area contributed by atoms with Gasteiger partial charge in [0.1, 0.15) is 11.9 Å². The third-order valence-corrected chi connectivity index (χ3v) is 5.98. The molecule has 3 aromatic rings. The number of carboxylic acids is 1. The zero-order chi connectivity index (χ0) is 25.7. The highest BCUT2D eigenvalue weighted by Crippen LogP contribution is 2.29. The summed E-state index contributed by atoms with van der Waals surface area (Å²) in [5.41, 5.74) is 4.01. The molecule has 3 N–H and O–H groups in total. The summed E-state index contributed by atoms with van der Waals surface area (Å²) >= 11 is 0. The lowest BCUT2D eigenvalue weighted by Gasteiger charge is -2.21. The molecule has 2 aromatic heterocycles. The molecular weight excluding hydrogens is 452 g/mol. The molecule has 0 spiro atoms. The van der Waals surface area contributed by atoms with Crippen LogP contribution in [-0.4, -0.2) is 76.4 Å².